The number of benzene rings is 1. The van der Waals surface area contributed by atoms with Crippen molar-refractivity contribution in [2.45, 2.75) is 18.9 Å². The van der Waals surface area contributed by atoms with E-state index in [9.17, 15) is 4.39 Å². The lowest BCUT2D eigenvalue weighted by atomic mass is 10.2. The van der Waals surface area contributed by atoms with E-state index in [1.807, 2.05) is 7.05 Å². The molecule has 9 heteroatoms. The molecule has 1 N–H and O–H groups in total. The second kappa shape index (κ2) is 11.1. The molecule has 4 rings (SSSR count). The van der Waals surface area contributed by atoms with E-state index in [4.69, 9.17) is 9.15 Å². The van der Waals surface area contributed by atoms with Crippen molar-refractivity contribution in [2.24, 2.45) is 4.99 Å². The molecule has 0 bridgehead atoms. The summed E-state index contributed by atoms with van der Waals surface area (Å²) in [5.41, 5.74) is 1.63. The monoisotopic (exact) mass is 529 g/mol. The number of oxazole rings is 1. The van der Waals surface area contributed by atoms with E-state index in [2.05, 4.69) is 25.1 Å². The lowest BCUT2D eigenvalue weighted by Crippen LogP contribution is -2.46. The zero-order valence-corrected chi connectivity index (χ0v) is 19.5. The molecule has 0 radical (unpaired) electrons. The first-order valence-electron chi connectivity index (χ1n) is 10.2. The van der Waals surface area contributed by atoms with Gasteiger partial charge in [0.2, 0.25) is 5.89 Å². The molecule has 0 saturated carbocycles. The van der Waals surface area contributed by atoms with Crippen LogP contribution >= 0.6 is 24.0 Å². The summed E-state index contributed by atoms with van der Waals surface area (Å²) >= 11 is 0. The van der Waals surface area contributed by atoms with E-state index in [0.717, 1.165) is 76.0 Å². The standard InChI is InChI=1S/C21H28FN5O2.HI/c1-23-21(27-9-7-19(14-27)26-10-12-28-13-11-26)24-8-6-18-15-29-20(25-18)16-2-4-17(22)5-3-16;/h2-5,15,19H,6-14H2,1H3,(H,23,24);1H. The number of aliphatic imine (C=N–C) groups is 1. The molecule has 3 heterocycles. The Bertz CT molecular complexity index is 823. The molecule has 2 saturated heterocycles. The Morgan fingerprint density at radius 2 is 2.00 bits per heavy atom. The van der Waals surface area contributed by atoms with Crippen LogP contribution < -0.4 is 5.32 Å². The Hall–Kier alpha value is -1.72. The number of nitrogens with one attached hydrogen (secondary N) is 1. The third-order valence-electron chi connectivity index (χ3n) is 5.54. The molecular formula is C21H29FIN5O2. The molecule has 1 unspecified atom stereocenters. The Morgan fingerprint density at radius 3 is 2.73 bits per heavy atom. The number of hydrogen-bond acceptors (Lipinski definition) is 5. The van der Waals surface area contributed by atoms with E-state index in [1.54, 1.807) is 18.4 Å². The number of ether oxygens (including phenoxy) is 1. The van der Waals surface area contributed by atoms with E-state index < -0.39 is 0 Å². The number of rotatable bonds is 5. The van der Waals surface area contributed by atoms with Crippen LogP contribution in [0.5, 0.6) is 0 Å². The normalized spacial score (nSPS) is 20.3. The van der Waals surface area contributed by atoms with Crippen molar-refractivity contribution in [3.63, 3.8) is 0 Å². The van der Waals surface area contributed by atoms with Crippen LogP contribution in [-0.4, -0.2) is 79.8 Å². The summed E-state index contributed by atoms with van der Waals surface area (Å²) in [6, 6.07) is 6.73. The fraction of sp³-hybridized carbons (Fsp3) is 0.524. The van der Waals surface area contributed by atoms with Gasteiger partial charge in [-0.1, -0.05) is 0 Å². The SMILES string of the molecule is CN=C(NCCc1coc(-c2ccc(F)cc2)n1)N1CCC(N2CCOCC2)C1.I. The second-order valence-corrected chi connectivity index (χ2v) is 7.41. The summed E-state index contributed by atoms with van der Waals surface area (Å²) in [5.74, 6) is 1.18. The average molecular weight is 529 g/mol. The Morgan fingerprint density at radius 1 is 1.23 bits per heavy atom. The van der Waals surface area contributed by atoms with Crippen molar-refractivity contribution in [3.8, 4) is 11.5 Å². The van der Waals surface area contributed by atoms with Crippen molar-refractivity contribution in [1.82, 2.24) is 20.1 Å². The quantitative estimate of drug-likeness (QED) is 0.365. The molecule has 7 nitrogen and oxygen atoms in total. The minimum Gasteiger partial charge on any atom is -0.444 e. The number of nitrogens with zero attached hydrogens (tertiary/aromatic N) is 4. The summed E-state index contributed by atoms with van der Waals surface area (Å²) < 4.78 is 24.1. The summed E-state index contributed by atoms with van der Waals surface area (Å²) in [7, 11) is 1.83. The molecule has 0 spiro atoms. The molecule has 1 aromatic carbocycles. The van der Waals surface area contributed by atoms with Crippen LogP contribution in [0.3, 0.4) is 0 Å². The number of morpholine rings is 1. The van der Waals surface area contributed by atoms with Gasteiger partial charge < -0.3 is 19.4 Å². The predicted molar refractivity (Wildman–Crippen MR) is 125 cm³/mol. The van der Waals surface area contributed by atoms with E-state index in [0.29, 0.717) is 11.9 Å². The zero-order valence-electron chi connectivity index (χ0n) is 17.2. The van der Waals surface area contributed by atoms with Crippen molar-refractivity contribution >= 4 is 29.9 Å². The van der Waals surface area contributed by atoms with Crippen LogP contribution in [0.1, 0.15) is 12.1 Å². The molecule has 1 atom stereocenters. The van der Waals surface area contributed by atoms with Crippen LogP contribution in [0.15, 0.2) is 39.9 Å². The van der Waals surface area contributed by atoms with Crippen molar-refractivity contribution in [3.05, 3.63) is 42.0 Å². The molecule has 30 heavy (non-hydrogen) atoms. The van der Waals surface area contributed by atoms with Crippen LogP contribution in [0.4, 0.5) is 4.39 Å². The largest absolute Gasteiger partial charge is 0.444 e. The summed E-state index contributed by atoms with van der Waals surface area (Å²) in [6.07, 6.45) is 3.54. The molecule has 2 aromatic rings. The smallest absolute Gasteiger partial charge is 0.226 e. The first kappa shape index (κ1) is 23.0. The second-order valence-electron chi connectivity index (χ2n) is 7.41. The van der Waals surface area contributed by atoms with Gasteiger partial charge in [0.15, 0.2) is 5.96 Å². The van der Waals surface area contributed by atoms with Crippen molar-refractivity contribution in [2.75, 3.05) is 53.0 Å². The minimum atomic E-state index is -0.270. The Balaban J connectivity index is 0.00000256. The number of guanidine groups is 1. The molecule has 164 valence electrons. The molecule has 0 amide bonds. The van der Waals surface area contributed by atoms with Crippen LogP contribution in [-0.2, 0) is 11.2 Å². The van der Waals surface area contributed by atoms with Crippen LogP contribution in [0.2, 0.25) is 0 Å². The van der Waals surface area contributed by atoms with Gasteiger partial charge in [-0.05, 0) is 30.7 Å². The van der Waals surface area contributed by atoms with Gasteiger partial charge in [0.05, 0.1) is 18.9 Å². The van der Waals surface area contributed by atoms with Gasteiger partial charge in [0.1, 0.15) is 12.1 Å². The van der Waals surface area contributed by atoms with Gasteiger partial charge in [-0.15, -0.1) is 24.0 Å². The average Bonchev–Trinajstić information content (AvgIpc) is 3.43. The van der Waals surface area contributed by atoms with Gasteiger partial charge in [-0.25, -0.2) is 9.37 Å². The highest BCUT2D eigenvalue weighted by atomic mass is 127. The molecule has 1 aromatic heterocycles. The highest BCUT2D eigenvalue weighted by molar-refractivity contribution is 14.0. The third-order valence-corrected chi connectivity index (χ3v) is 5.54. The van der Waals surface area contributed by atoms with Crippen molar-refractivity contribution in [1.29, 1.82) is 0 Å². The number of halogens is 2. The summed E-state index contributed by atoms with van der Waals surface area (Å²) in [5, 5.41) is 3.44. The number of likely N-dealkylation sites (tertiary alicyclic amines) is 1. The van der Waals surface area contributed by atoms with Gasteiger partial charge in [0, 0.05) is 57.8 Å². The lowest BCUT2D eigenvalue weighted by molar-refractivity contribution is 0.0195. The highest BCUT2D eigenvalue weighted by Gasteiger charge is 2.30. The fourth-order valence-corrected chi connectivity index (χ4v) is 3.96. The zero-order chi connectivity index (χ0) is 20.1. The van der Waals surface area contributed by atoms with E-state index in [-0.39, 0.29) is 29.8 Å². The summed E-state index contributed by atoms with van der Waals surface area (Å²) in [4.78, 5) is 13.8. The van der Waals surface area contributed by atoms with Crippen LogP contribution in [0.25, 0.3) is 11.5 Å². The Labute approximate surface area is 193 Å². The Kier molecular flexibility index (Phi) is 8.46. The molecule has 2 aliphatic rings. The first-order valence-corrected chi connectivity index (χ1v) is 10.2. The maximum absolute atomic E-state index is 13.1. The fourth-order valence-electron chi connectivity index (χ4n) is 3.96. The molecule has 0 aliphatic carbocycles. The molecule has 2 fully saturated rings. The highest BCUT2D eigenvalue weighted by Crippen LogP contribution is 2.19. The van der Waals surface area contributed by atoms with Crippen molar-refractivity contribution < 1.29 is 13.5 Å². The van der Waals surface area contributed by atoms with Gasteiger partial charge >= 0.3 is 0 Å². The number of hydrogen-bond donors (Lipinski definition) is 1. The van der Waals surface area contributed by atoms with Gasteiger partial charge in [0.25, 0.3) is 0 Å². The topological polar surface area (TPSA) is 66.1 Å². The maximum Gasteiger partial charge on any atom is 0.226 e. The molecular weight excluding hydrogens is 500 g/mol. The minimum absolute atomic E-state index is 0. The predicted octanol–water partition coefficient (Wildman–Crippen LogP) is 2.62. The van der Waals surface area contributed by atoms with E-state index >= 15 is 0 Å². The first-order chi connectivity index (χ1) is 14.2. The lowest BCUT2D eigenvalue weighted by Gasteiger charge is -2.32. The van der Waals surface area contributed by atoms with Gasteiger partial charge in [-0.3, -0.25) is 9.89 Å². The maximum atomic E-state index is 13.1. The third kappa shape index (κ3) is 5.70. The van der Waals surface area contributed by atoms with E-state index in [1.165, 1.54) is 12.1 Å². The number of aromatic nitrogens is 1. The van der Waals surface area contributed by atoms with Crippen LogP contribution in [0, 0.1) is 5.82 Å². The van der Waals surface area contributed by atoms with Gasteiger partial charge in [-0.2, -0.15) is 0 Å². The summed E-state index contributed by atoms with van der Waals surface area (Å²) in [6.45, 7) is 6.45. The molecule has 2 aliphatic heterocycles.